The number of nitriles is 1. The fraction of sp³-hybridized carbons (Fsp3) is 0.273. The number of nitro benzene ring substituents is 1. The van der Waals surface area contributed by atoms with Crippen LogP contribution >= 0.6 is 23.2 Å². The van der Waals surface area contributed by atoms with Gasteiger partial charge in [-0.1, -0.05) is 49.2 Å². The summed E-state index contributed by atoms with van der Waals surface area (Å²) in [4.78, 5) is 26.4. The van der Waals surface area contributed by atoms with Crippen molar-refractivity contribution in [1.29, 1.82) is 5.26 Å². The van der Waals surface area contributed by atoms with Gasteiger partial charge in [0.05, 0.1) is 38.2 Å². The minimum atomic E-state index is -0.763. The van der Waals surface area contributed by atoms with Crippen molar-refractivity contribution >= 4 is 40.4 Å². The molecule has 0 saturated carbocycles. The van der Waals surface area contributed by atoms with E-state index < -0.39 is 22.1 Å². The second-order valence-corrected chi connectivity index (χ2v) is 12.7. The topological polar surface area (TPSA) is 122 Å². The third-order valence-electron chi connectivity index (χ3n) is 8.08. The number of aryl methyl sites for hydroxylation is 2. The largest absolute Gasteiger partial charge is 0.487 e. The van der Waals surface area contributed by atoms with E-state index in [9.17, 15) is 24.6 Å². The zero-order valence-corrected chi connectivity index (χ0v) is 26.0. The van der Waals surface area contributed by atoms with Crippen molar-refractivity contribution in [3.05, 3.63) is 119 Å². The number of halogens is 3. The van der Waals surface area contributed by atoms with Gasteiger partial charge in [0.2, 0.25) is 0 Å². The van der Waals surface area contributed by atoms with E-state index in [1.54, 1.807) is 4.90 Å². The summed E-state index contributed by atoms with van der Waals surface area (Å²) in [6.07, 6.45) is 0.702. The summed E-state index contributed by atoms with van der Waals surface area (Å²) in [6.45, 7) is 7.90. The molecule has 11 heteroatoms. The molecular weight excluding hydrogens is 606 g/mol. The molecule has 0 aromatic heterocycles. The van der Waals surface area contributed by atoms with E-state index in [1.807, 2.05) is 39.8 Å². The molecule has 1 atom stereocenters. The van der Waals surface area contributed by atoms with Gasteiger partial charge in [0.1, 0.15) is 24.0 Å². The lowest BCUT2D eigenvalue weighted by Gasteiger charge is -2.44. The Bertz CT molecular complexity index is 1840. The molecule has 8 nitrogen and oxygen atoms in total. The fourth-order valence-corrected chi connectivity index (χ4v) is 6.50. The number of nitrogens with two attached hydrogens (primary N) is 1. The fourth-order valence-electron chi connectivity index (χ4n) is 6.02. The van der Waals surface area contributed by atoms with Crippen LogP contribution in [0.2, 0.25) is 10.0 Å². The predicted molar refractivity (Wildman–Crippen MR) is 167 cm³/mol. The summed E-state index contributed by atoms with van der Waals surface area (Å²) in [5.41, 5.74) is 10.9. The third kappa shape index (κ3) is 5.63. The van der Waals surface area contributed by atoms with Crippen molar-refractivity contribution in [3.8, 4) is 11.8 Å². The smallest absolute Gasteiger partial charge is 0.271 e. The molecule has 0 fully saturated rings. The number of ether oxygens (including phenoxy) is 1. The van der Waals surface area contributed by atoms with Gasteiger partial charge in [-0.3, -0.25) is 19.8 Å². The number of ketones is 1. The van der Waals surface area contributed by atoms with Gasteiger partial charge in [0.15, 0.2) is 5.78 Å². The monoisotopic (exact) mass is 634 g/mol. The molecule has 1 aliphatic heterocycles. The second-order valence-electron chi connectivity index (χ2n) is 11.9. The minimum Gasteiger partial charge on any atom is -0.487 e. The molecule has 0 radical (unpaired) electrons. The normalized spacial score (nSPS) is 17.8. The highest BCUT2D eigenvalue weighted by atomic mass is 35.5. The van der Waals surface area contributed by atoms with Crippen LogP contribution in [0.1, 0.15) is 54.9 Å². The maximum atomic E-state index is 14.0. The van der Waals surface area contributed by atoms with Gasteiger partial charge in [-0.05, 0) is 72.2 Å². The maximum Gasteiger partial charge on any atom is 0.271 e. The Kier molecular flexibility index (Phi) is 8.19. The van der Waals surface area contributed by atoms with Gasteiger partial charge in [-0.2, -0.15) is 5.26 Å². The van der Waals surface area contributed by atoms with Crippen LogP contribution in [0.15, 0.2) is 71.2 Å². The second kappa shape index (κ2) is 11.6. The number of rotatable bonds is 6. The number of carbonyl (C=O) groups excluding carboxylic acids is 1. The number of nitro groups is 1. The van der Waals surface area contributed by atoms with Gasteiger partial charge in [0.25, 0.3) is 5.69 Å². The quantitative estimate of drug-likeness (QED) is 0.214. The number of benzene rings is 3. The number of Topliss-reactive ketones (excluding diaryl/α,β-unsaturated/α-hetero) is 1. The first kappa shape index (κ1) is 31.0. The van der Waals surface area contributed by atoms with Crippen LogP contribution in [0.4, 0.5) is 15.8 Å². The molecule has 0 saturated heterocycles. The van der Waals surface area contributed by atoms with Crippen molar-refractivity contribution in [2.24, 2.45) is 11.1 Å². The molecule has 0 bridgehead atoms. The lowest BCUT2D eigenvalue weighted by atomic mass is 9.68. The highest BCUT2D eigenvalue weighted by Crippen LogP contribution is 2.52. The lowest BCUT2D eigenvalue weighted by Crippen LogP contribution is -2.42. The van der Waals surface area contributed by atoms with Gasteiger partial charge < -0.3 is 10.5 Å². The van der Waals surface area contributed by atoms with E-state index in [-0.39, 0.29) is 45.9 Å². The van der Waals surface area contributed by atoms with Crippen LogP contribution in [0.3, 0.4) is 0 Å². The van der Waals surface area contributed by atoms with Gasteiger partial charge >= 0.3 is 0 Å². The zero-order valence-electron chi connectivity index (χ0n) is 24.5. The Morgan fingerprint density at radius 3 is 2.48 bits per heavy atom. The van der Waals surface area contributed by atoms with Crippen LogP contribution in [0.25, 0.3) is 0 Å². The van der Waals surface area contributed by atoms with Gasteiger partial charge in [-0.25, -0.2) is 4.39 Å². The zero-order chi connectivity index (χ0) is 32.1. The van der Waals surface area contributed by atoms with Crippen molar-refractivity contribution < 1.29 is 18.8 Å². The first-order valence-electron chi connectivity index (χ1n) is 13.8. The van der Waals surface area contributed by atoms with E-state index in [4.69, 9.17) is 33.7 Å². The van der Waals surface area contributed by atoms with E-state index in [1.165, 1.54) is 36.4 Å². The minimum absolute atomic E-state index is 0.0611. The molecule has 1 heterocycles. The Hall–Kier alpha value is -4.39. The number of anilines is 1. The Morgan fingerprint density at radius 1 is 1.11 bits per heavy atom. The van der Waals surface area contributed by atoms with Crippen molar-refractivity contribution in [2.75, 3.05) is 4.90 Å². The van der Waals surface area contributed by atoms with E-state index >= 15 is 0 Å². The molecule has 1 unspecified atom stereocenters. The van der Waals surface area contributed by atoms with E-state index in [0.29, 0.717) is 34.7 Å². The molecule has 1 aliphatic carbocycles. The highest BCUT2D eigenvalue weighted by Gasteiger charge is 2.45. The summed E-state index contributed by atoms with van der Waals surface area (Å²) in [5, 5.41) is 22.1. The number of hydrogen-bond donors (Lipinski definition) is 1. The summed E-state index contributed by atoms with van der Waals surface area (Å²) >= 11 is 12.7. The summed E-state index contributed by atoms with van der Waals surface area (Å²) in [6, 6.07) is 14.0. The van der Waals surface area contributed by atoms with Gasteiger partial charge in [0, 0.05) is 29.8 Å². The molecule has 0 spiro atoms. The molecule has 3 aromatic carbocycles. The highest BCUT2D eigenvalue weighted by molar-refractivity contribution is 6.33. The van der Waals surface area contributed by atoms with Crippen LogP contribution in [0.5, 0.6) is 5.75 Å². The van der Waals surface area contributed by atoms with E-state index in [0.717, 1.165) is 16.7 Å². The number of nitrogens with zero attached hydrogens (tertiary/aromatic N) is 3. The molecule has 3 aromatic rings. The first-order chi connectivity index (χ1) is 20.7. The van der Waals surface area contributed by atoms with Crippen molar-refractivity contribution in [1.82, 2.24) is 0 Å². The SMILES string of the molecule is Cc1cc(C)c(C2C(C#N)=C(N)N(c3ccc([N+](=O)[O-])cc3Cl)C3=C2C(=O)CC(C)(C)C3)cc1COc1ccc(F)cc1Cl. The van der Waals surface area contributed by atoms with Crippen LogP contribution in [0, 0.1) is 46.5 Å². The van der Waals surface area contributed by atoms with Crippen molar-refractivity contribution in [3.63, 3.8) is 0 Å². The molecule has 5 rings (SSSR count). The number of carbonyl (C=O) groups is 1. The average Bonchev–Trinajstić information content (AvgIpc) is 2.93. The number of allylic oxidation sites excluding steroid dienone is 3. The number of hydrogen-bond acceptors (Lipinski definition) is 7. The molecule has 0 amide bonds. The first-order valence-corrected chi connectivity index (χ1v) is 14.6. The lowest BCUT2D eigenvalue weighted by molar-refractivity contribution is -0.384. The van der Waals surface area contributed by atoms with Crippen LogP contribution in [-0.2, 0) is 11.4 Å². The Labute approximate surface area is 264 Å². The standard InChI is InChI=1S/C33H29Cl2FN4O4/c1-17-9-18(2)22(10-19(17)16-44-29-8-5-20(36)11-25(29)35)30-23(15-37)32(38)39(26-7-6-21(40(42)43)12-24(26)34)27-13-33(3,4)14-28(41)31(27)30/h5-12,30H,13-14,16,38H2,1-4H3. The molecule has 2 N–H and O–H groups in total. The van der Waals surface area contributed by atoms with Crippen LogP contribution in [-0.4, -0.2) is 10.7 Å². The van der Waals surface area contributed by atoms with Gasteiger partial charge in [-0.15, -0.1) is 0 Å². The predicted octanol–water partition coefficient (Wildman–Crippen LogP) is 8.18. The van der Waals surface area contributed by atoms with Crippen LogP contribution < -0.4 is 15.4 Å². The Morgan fingerprint density at radius 2 is 1.84 bits per heavy atom. The van der Waals surface area contributed by atoms with E-state index in [2.05, 4.69) is 6.07 Å². The summed E-state index contributed by atoms with van der Waals surface area (Å²) < 4.78 is 19.5. The average molecular weight is 636 g/mol. The third-order valence-corrected chi connectivity index (χ3v) is 8.67. The summed E-state index contributed by atoms with van der Waals surface area (Å²) in [7, 11) is 0. The molecule has 44 heavy (non-hydrogen) atoms. The Balaban J connectivity index is 1.67. The molecule has 226 valence electrons. The number of non-ortho nitro benzene ring substituents is 1. The van der Waals surface area contributed by atoms with Crippen molar-refractivity contribution in [2.45, 2.75) is 53.1 Å². The summed E-state index contributed by atoms with van der Waals surface area (Å²) in [5.74, 6) is -0.955. The maximum absolute atomic E-state index is 14.0. The molecule has 2 aliphatic rings. The molecular formula is C33H29Cl2FN4O4.